The summed E-state index contributed by atoms with van der Waals surface area (Å²) in [6.45, 7) is 3.35. The topological polar surface area (TPSA) is 113 Å². The molecule has 0 spiro atoms. The van der Waals surface area contributed by atoms with E-state index >= 15 is 0 Å². The van der Waals surface area contributed by atoms with Gasteiger partial charge in [0.2, 0.25) is 5.91 Å². The lowest BCUT2D eigenvalue weighted by atomic mass is 10.1. The summed E-state index contributed by atoms with van der Waals surface area (Å²) in [6.07, 6.45) is 2.50. The van der Waals surface area contributed by atoms with Gasteiger partial charge in [-0.05, 0) is 19.4 Å². The van der Waals surface area contributed by atoms with Crippen LogP contribution in [0, 0.1) is 6.92 Å². The van der Waals surface area contributed by atoms with Crippen LogP contribution in [0.5, 0.6) is 0 Å². The molecule has 0 aliphatic rings. The fourth-order valence-electron chi connectivity index (χ4n) is 2.59. The predicted octanol–water partition coefficient (Wildman–Crippen LogP) is 1.90. The molecule has 1 aromatic carbocycles. The quantitative estimate of drug-likeness (QED) is 0.590. The average Bonchev–Trinajstić information content (AvgIpc) is 3.30. The standard InChI is InChI=1S/C19H21N5O3/c1-12-8-16(24-27-12)19(26)21-11-17(25)22-13(2)18-20-10-15(23-18)9-14-6-4-3-5-7-14/h3-8,10,13H,9,11H2,1-2H3,(H,20,23)(H,21,26)(H,22,25)/t13-/m0/s1. The number of nitrogens with zero attached hydrogens (tertiary/aromatic N) is 2. The van der Waals surface area contributed by atoms with Crippen LogP contribution >= 0.6 is 0 Å². The monoisotopic (exact) mass is 367 g/mol. The minimum absolute atomic E-state index is 0.143. The van der Waals surface area contributed by atoms with Gasteiger partial charge in [-0.2, -0.15) is 0 Å². The Bertz CT molecular complexity index is 916. The van der Waals surface area contributed by atoms with Gasteiger partial charge >= 0.3 is 0 Å². The highest BCUT2D eigenvalue weighted by molar-refractivity contribution is 5.94. The number of H-pyrrole nitrogens is 1. The van der Waals surface area contributed by atoms with Gasteiger partial charge in [-0.3, -0.25) is 9.59 Å². The fourth-order valence-corrected chi connectivity index (χ4v) is 2.59. The number of aromatic nitrogens is 3. The summed E-state index contributed by atoms with van der Waals surface area (Å²) in [4.78, 5) is 31.5. The number of imidazole rings is 1. The second-order valence-electron chi connectivity index (χ2n) is 6.25. The van der Waals surface area contributed by atoms with E-state index in [1.807, 2.05) is 37.3 Å². The van der Waals surface area contributed by atoms with Gasteiger partial charge < -0.3 is 20.1 Å². The Balaban J connectivity index is 1.49. The van der Waals surface area contributed by atoms with Crippen molar-refractivity contribution >= 4 is 11.8 Å². The molecule has 0 aliphatic heterocycles. The molecule has 3 aromatic rings. The van der Waals surface area contributed by atoms with Gasteiger partial charge in [0, 0.05) is 24.4 Å². The molecule has 0 saturated carbocycles. The molecule has 0 fully saturated rings. The van der Waals surface area contributed by atoms with E-state index in [1.165, 1.54) is 11.6 Å². The highest BCUT2D eigenvalue weighted by atomic mass is 16.5. The first-order valence-corrected chi connectivity index (χ1v) is 8.60. The van der Waals surface area contributed by atoms with Crippen LogP contribution in [-0.4, -0.2) is 33.5 Å². The molecule has 0 radical (unpaired) electrons. The van der Waals surface area contributed by atoms with Crippen LogP contribution in [-0.2, 0) is 11.2 Å². The number of aromatic amines is 1. The molecule has 0 saturated heterocycles. The number of carbonyl (C=O) groups is 2. The third-order valence-corrected chi connectivity index (χ3v) is 3.94. The lowest BCUT2D eigenvalue weighted by Crippen LogP contribution is -2.38. The van der Waals surface area contributed by atoms with Crippen molar-refractivity contribution in [2.45, 2.75) is 26.3 Å². The lowest BCUT2D eigenvalue weighted by molar-refractivity contribution is -0.120. The number of amides is 2. The first-order valence-electron chi connectivity index (χ1n) is 8.60. The highest BCUT2D eigenvalue weighted by Gasteiger charge is 2.15. The molecule has 2 amide bonds. The first kappa shape index (κ1) is 18.4. The number of hydrogen-bond donors (Lipinski definition) is 3. The molecule has 8 heteroatoms. The normalized spacial score (nSPS) is 11.8. The Morgan fingerprint density at radius 3 is 2.74 bits per heavy atom. The van der Waals surface area contributed by atoms with E-state index in [0.29, 0.717) is 11.6 Å². The fraction of sp³-hybridized carbons (Fsp3) is 0.263. The van der Waals surface area contributed by atoms with Crippen LogP contribution in [0.4, 0.5) is 0 Å². The molecule has 3 N–H and O–H groups in total. The van der Waals surface area contributed by atoms with E-state index in [0.717, 1.165) is 12.1 Å². The van der Waals surface area contributed by atoms with Crippen molar-refractivity contribution in [3.8, 4) is 0 Å². The molecule has 0 bridgehead atoms. The molecule has 2 heterocycles. The first-order chi connectivity index (χ1) is 13.0. The van der Waals surface area contributed by atoms with Gasteiger partial charge in [-0.25, -0.2) is 4.98 Å². The van der Waals surface area contributed by atoms with Crippen molar-refractivity contribution in [1.82, 2.24) is 25.8 Å². The van der Waals surface area contributed by atoms with E-state index in [2.05, 4.69) is 25.8 Å². The largest absolute Gasteiger partial charge is 0.361 e. The number of benzene rings is 1. The van der Waals surface area contributed by atoms with E-state index in [1.54, 1.807) is 13.1 Å². The van der Waals surface area contributed by atoms with Gasteiger partial charge in [0.1, 0.15) is 11.6 Å². The smallest absolute Gasteiger partial charge is 0.273 e. The molecule has 27 heavy (non-hydrogen) atoms. The number of hydrogen-bond acceptors (Lipinski definition) is 5. The maximum Gasteiger partial charge on any atom is 0.273 e. The van der Waals surface area contributed by atoms with Crippen LogP contribution in [0.1, 0.15) is 46.3 Å². The van der Waals surface area contributed by atoms with E-state index in [4.69, 9.17) is 4.52 Å². The van der Waals surface area contributed by atoms with Crippen molar-refractivity contribution in [2.75, 3.05) is 6.54 Å². The Kier molecular flexibility index (Phi) is 5.65. The molecule has 1 atom stereocenters. The number of rotatable bonds is 7. The van der Waals surface area contributed by atoms with Gasteiger partial charge in [0.25, 0.3) is 5.91 Å². The molecule has 140 valence electrons. The maximum atomic E-state index is 12.1. The van der Waals surface area contributed by atoms with E-state index < -0.39 is 5.91 Å². The number of aryl methyl sites for hydroxylation is 1. The van der Waals surface area contributed by atoms with Gasteiger partial charge in [0.15, 0.2) is 5.69 Å². The van der Waals surface area contributed by atoms with Gasteiger partial charge in [0.05, 0.1) is 12.6 Å². The van der Waals surface area contributed by atoms with Crippen LogP contribution in [0.25, 0.3) is 0 Å². The van der Waals surface area contributed by atoms with Crippen LogP contribution in [0.15, 0.2) is 47.1 Å². The maximum absolute atomic E-state index is 12.1. The molecule has 8 nitrogen and oxygen atoms in total. The Morgan fingerprint density at radius 2 is 2.04 bits per heavy atom. The zero-order valence-corrected chi connectivity index (χ0v) is 15.2. The van der Waals surface area contributed by atoms with Crippen LogP contribution < -0.4 is 10.6 Å². The average molecular weight is 367 g/mol. The van der Waals surface area contributed by atoms with Crippen molar-refractivity contribution in [3.63, 3.8) is 0 Å². The summed E-state index contributed by atoms with van der Waals surface area (Å²) >= 11 is 0. The van der Waals surface area contributed by atoms with Crippen LogP contribution in [0.2, 0.25) is 0 Å². The zero-order valence-electron chi connectivity index (χ0n) is 15.2. The number of carbonyl (C=O) groups excluding carboxylic acids is 2. The minimum atomic E-state index is -0.460. The van der Waals surface area contributed by atoms with E-state index in [-0.39, 0.29) is 24.2 Å². The van der Waals surface area contributed by atoms with Crippen molar-refractivity contribution in [2.24, 2.45) is 0 Å². The minimum Gasteiger partial charge on any atom is -0.361 e. The third-order valence-electron chi connectivity index (χ3n) is 3.94. The molecule has 0 aliphatic carbocycles. The Labute approximate surface area is 156 Å². The summed E-state index contributed by atoms with van der Waals surface area (Å²) < 4.78 is 4.84. The molecule has 0 unspecified atom stereocenters. The SMILES string of the molecule is Cc1cc(C(=O)NCC(=O)N[C@@H](C)c2ncc(Cc3ccccc3)[nH]2)no1. The molecule has 3 rings (SSSR count). The predicted molar refractivity (Wildman–Crippen MR) is 98.0 cm³/mol. The summed E-state index contributed by atoms with van der Waals surface area (Å²) in [6, 6.07) is 11.2. The van der Waals surface area contributed by atoms with Crippen LogP contribution in [0.3, 0.4) is 0 Å². The van der Waals surface area contributed by atoms with E-state index in [9.17, 15) is 9.59 Å². The zero-order chi connectivity index (χ0) is 19.2. The van der Waals surface area contributed by atoms with Crippen molar-refractivity contribution in [1.29, 1.82) is 0 Å². The van der Waals surface area contributed by atoms with Crippen molar-refractivity contribution in [3.05, 3.63) is 71.1 Å². The molecular weight excluding hydrogens is 346 g/mol. The Hall–Kier alpha value is -3.42. The van der Waals surface area contributed by atoms with Gasteiger partial charge in [-0.1, -0.05) is 35.5 Å². The molecular formula is C19H21N5O3. The summed E-state index contributed by atoms with van der Waals surface area (Å²) in [5, 5.41) is 8.90. The lowest BCUT2D eigenvalue weighted by Gasteiger charge is -2.11. The summed E-state index contributed by atoms with van der Waals surface area (Å²) in [5.74, 6) is 0.407. The highest BCUT2D eigenvalue weighted by Crippen LogP contribution is 2.11. The third kappa shape index (κ3) is 5.04. The Morgan fingerprint density at radius 1 is 1.26 bits per heavy atom. The summed E-state index contributed by atoms with van der Waals surface area (Å²) in [5.41, 5.74) is 2.28. The van der Waals surface area contributed by atoms with Crippen molar-refractivity contribution < 1.29 is 14.1 Å². The number of nitrogens with one attached hydrogen (secondary N) is 3. The molecule has 2 aromatic heterocycles. The second-order valence-corrected chi connectivity index (χ2v) is 6.25. The summed E-state index contributed by atoms with van der Waals surface area (Å²) in [7, 11) is 0. The van der Waals surface area contributed by atoms with Gasteiger partial charge in [-0.15, -0.1) is 0 Å². The second kappa shape index (κ2) is 8.31.